The Morgan fingerprint density at radius 2 is 1.88 bits per heavy atom. The van der Waals surface area contributed by atoms with E-state index in [1.807, 2.05) is 64.6 Å². The molecule has 136 valence electrons. The molecule has 5 heteroatoms. The number of rotatable bonds is 8. The molecule has 1 atom stereocenters. The van der Waals surface area contributed by atoms with E-state index in [-0.39, 0.29) is 24.7 Å². The van der Waals surface area contributed by atoms with Gasteiger partial charge in [0.25, 0.3) is 0 Å². The van der Waals surface area contributed by atoms with Gasteiger partial charge in [0.05, 0.1) is 24.9 Å². The summed E-state index contributed by atoms with van der Waals surface area (Å²) in [6, 6.07) is 5.94. The number of anilines is 1. The van der Waals surface area contributed by atoms with Crippen LogP contribution in [0.15, 0.2) is 18.2 Å². The molecule has 1 rings (SSSR count). The number of aliphatic hydroxyl groups is 1. The molecule has 0 aliphatic carbocycles. The monoisotopic (exact) mass is 336 g/mol. The molecule has 1 aromatic carbocycles. The van der Waals surface area contributed by atoms with E-state index in [2.05, 4.69) is 5.32 Å². The molecule has 0 aromatic heterocycles. The molecule has 5 nitrogen and oxygen atoms in total. The third-order valence-electron chi connectivity index (χ3n) is 3.74. The number of hydrogen-bond acceptors (Lipinski definition) is 4. The number of carbonyl (C=O) groups excluding carboxylic acids is 1. The van der Waals surface area contributed by atoms with E-state index >= 15 is 0 Å². The quantitative estimate of drug-likeness (QED) is 0.766. The number of aryl methyl sites for hydroxylation is 2. The largest absolute Gasteiger partial charge is 0.389 e. The second-order valence-electron chi connectivity index (χ2n) is 7.22. The van der Waals surface area contributed by atoms with Crippen molar-refractivity contribution in [2.45, 2.75) is 53.2 Å². The van der Waals surface area contributed by atoms with Gasteiger partial charge in [0.1, 0.15) is 0 Å². The van der Waals surface area contributed by atoms with E-state index in [1.165, 1.54) is 0 Å². The van der Waals surface area contributed by atoms with Crippen LogP contribution in [-0.4, -0.2) is 53.9 Å². The zero-order chi connectivity index (χ0) is 18.3. The second kappa shape index (κ2) is 9.16. The van der Waals surface area contributed by atoms with Crippen LogP contribution in [-0.2, 0) is 9.53 Å². The van der Waals surface area contributed by atoms with Crippen molar-refractivity contribution in [3.63, 3.8) is 0 Å². The number of para-hydroxylation sites is 1. The minimum atomic E-state index is -0.614. The summed E-state index contributed by atoms with van der Waals surface area (Å²) in [4.78, 5) is 14.2. The molecule has 0 heterocycles. The van der Waals surface area contributed by atoms with Crippen LogP contribution >= 0.6 is 0 Å². The first-order chi connectivity index (χ1) is 11.1. The van der Waals surface area contributed by atoms with Crippen LogP contribution in [0, 0.1) is 13.8 Å². The van der Waals surface area contributed by atoms with Gasteiger partial charge in [-0.1, -0.05) is 25.1 Å². The van der Waals surface area contributed by atoms with Crippen molar-refractivity contribution >= 4 is 11.6 Å². The maximum absolute atomic E-state index is 12.3. The number of amides is 1. The van der Waals surface area contributed by atoms with E-state index in [9.17, 15) is 9.90 Å². The third-order valence-corrected chi connectivity index (χ3v) is 3.74. The Balaban J connectivity index is 2.54. The maximum atomic E-state index is 12.3. The normalized spacial score (nSPS) is 13.2. The summed E-state index contributed by atoms with van der Waals surface area (Å²) in [6.45, 7) is 13.4. The second-order valence-corrected chi connectivity index (χ2v) is 7.22. The van der Waals surface area contributed by atoms with Gasteiger partial charge in [-0.15, -0.1) is 0 Å². The van der Waals surface area contributed by atoms with Gasteiger partial charge in [-0.2, -0.15) is 0 Å². The van der Waals surface area contributed by atoms with Gasteiger partial charge in [-0.05, 0) is 52.3 Å². The summed E-state index contributed by atoms with van der Waals surface area (Å²) in [7, 11) is 0. The van der Waals surface area contributed by atoms with E-state index in [0.29, 0.717) is 13.1 Å². The van der Waals surface area contributed by atoms with Crippen molar-refractivity contribution in [2.24, 2.45) is 0 Å². The standard InChI is InChI=1S/C19H32N2O3/c1-7-21(11-16(22)13-24-19(4,5)6)12-17(23)20-18-14(2)9-8-10-15(18)3/h8-10,16,22H,7,11-13H2,1-6H3,(H,20,23). The first kappa shape index (κ1) is 20.6. The fourth-order valence-electron chi connectivity index (χ4n) is 2.40. The molecule has 0 saturated heterocycles. The van der Waals surface area contributed by atoms with Crippen LogP contribution in [0.25, 0.3) is 0 Å². The number of ether oxygens (including phenoxy) is 1. The van der Waals surface area contributed by atoms with Gasteiger partial charge >= 0.3 is 0 Å². The molecule has 24 heavy (non-hydrogen) atoms. The lowest BCUT2D eigenvalue weighted by atomic mass is 10.1. The highest BCUT2D eigenvalue weighted by atomic mass is 16.5. The molecule has 0 spiro atoms. The van der Waals surface area contributed by atoms with Crippen molar-refractivity contribution in [1.82, 2.24) is 4.90 Å². The summed E-state index contributed by atoms with van der Waals surface area (Å²) in [6.07, 6.45) is -0.614. The highest BCUT2D eigenvalue weighted by molar-refractivity contribution is 5.93. The average molecular weight is 336 g/mol. The highest BCUT2D eigenvalue weighted by Crippen LogP contribution is 2.19. The number of nitrogens with one attached hydrogen (secondary N) is 1. The lowest BCUT2D eigenvalue weighted by molar-refractivity contribution is -0.118. The highest BCUT2D eigenvalue weighted by Gasteiger charge is 2.18. The lowest BCUT2D eigenvalue weighted by Gasteiger charge is -2.26. The summed E-state index contributed by atoms with van der Waals surface area (Å²) in [5.41, 5.74) is 2.68. The van der Waals surface area contributed by atoms with Crippen LogP contribution in [0.2, 0.25) is 0 Å². The number of hydrogen-bond donors (Lipinski definition) is 2. The van der Waals surface area contributed by atoms with E-state index < -0.39 is 6.10 Å². The molecule has 0 aliphatic rings. The van der Waals surface area contributed by atoms with Crippen LogP contribution < -0.4 is 5.32 Å². The Labute approximate surface area is 146 Å². The molecule has 1 amide bonds. The predicted molar refractivity (Wildman–Crippen MR) is 98.4 cm³/mol. The Morgan fingerprint density at radius 1 is 1.29 bits per heavy atom. The Kier molecular flexibility index (Phi) is 7.87. The van der Waals surface area contributed by atoms with Gasteiger partial charge in [0, 0.05) is 12.2 Å². The van der Waals surface area contributed by atoms with Crippen LogP contribution in [0.4, 0.5) is 5.69 Å². The molecule has 2 N–H and O–H groups in total. The number of nitrogens with zero attached hydrogens (tertiary/aromatic N) is 1. The molecule has 0 radical (unpaired) electrons. The molecular weight excluding hydrogens is 304 g/mol. The summed E-state index contributed by atoms with van der Waals surface area (Å²) in [5.74, 6) is -0.0711. The molecule has 1 aromatic rings. The summed E-state index contributed by atoms with van der Waals surface area (Å²) < 4.78 is 5.59. The van der Waals surface area contributed by atoms with E-state index in [0.717, 1.165) is 16.8 Å². The fourth-order valence-corrected chi connectivity index (χ4v) is 2.40. The number of carbonyl (C=O) groups is 1. The van der Waals surface area contributed by atoms with Crippen molar-refractivity contribution in [2.75, 3.05) is 31.6 Å². The molecule has 0 saturated carbocycles. The number of benzene rings is 1. The number of likely N-dealkylation sites (N-methyl/N-ethyl adjacent to an activating group) is 1. The third kappa shape index (κ3) is 7.43. The first-order valence-electron chi connectivity index (χ1n) is 8.52. The lowest BCUT2D eigenvalue weighted by Crippen LogP contribution is -2.40. The zero-order valence-electron chi connectivity index (χ0n) is 15.8. The SMILES string of the molecule is CCN(CC(=O)Nc1c(C)cccc1C)CC(O)COC(C)(C)C. The topological polar surface area (TPSA) is 61.8 Å². The van der Waals surface area contributed by atoms with Gasteiger partial charge in [-0.25, -0.2) is 0 Å². The Morgan fingerprint density at radius 3 is 2.38 bits per heavy atom. The summed E-state index contributed by atoms with van der Waals surface area (Å²) >= 11 is 0. The Hall–Kier alpha value is -1.43. The van der Waals surface area contributed by atoms with Crippen LogP contribution in [0.3, 0.4) is 0 Å². The zero-order valence-corrected chi connectivity index (χ0v) is 15.8. The minimum absolute atomic E-state index is 0.0711. The van der Waals surface area contributed by atoms with Crippen molar-refractivity contribution in [3.05, 3.63) is 29.3 Å². The molecule has 0 bridgehead atoms. The molecule has 0 aliphatic heterocycles. The van der Waals surface area contributed by atoms with Gasteiger partial charge in [0.15, 0.2) is 0 Å². The van der Waals surface area contributed by atoms with Crippen molar-refractivity contribution in [3.8, 4) is 0 Å². The molecular formula is C19H32N2O3. The van der Waals surface area contributed by atoms with Gasteiger partial charge < -0.3 is 15.2 Å². The van der Waals surface area contributed by atoms with Gasteiger partial charge in [-0.3, -0.25) is 9.69 Å². The van der Waals surface area contributed by atoms with E-state index in [4.69, 9.17) is 4.74 Å². The van der Waals surface area contributed by atoms with Crippen molar-refractivity contribution < 1.29 is 14.6 Å². The number of aliphatic hydroxyl groups excluding tert-OH is 1. The predicted octanol–water partition coefficient (Wildman–Crippen LogP) is 2.74. The van der Waals surface area contributed by atoms with Crippen LogP contribution in [0.5, 0.6) is 0 Å². The van der Waals surface area contributed by atoms with Gasteiger partial charge in [0.2, 0.25) is 5.91 Å². The minimum Gasteiger partial charge on any atom is -0.389 e. The first-order valence-corrected chi connectivity index (χ1v) is 8.52. The molecule has 0 fully saturated rings. The Bertz CT molecular complexity index is 518. The maximum Gasteiger partial charge on any atom is 0.238 e. The average Bonchev–Trinajstić information content (AvgIpc) is 2.47. The smallest absolute Gasteiger partial charge is 0.238 e. The molecule has 1 unspecified atom stereocenters. The fraction of sp³-hybridized carbons (Fsp3) is 0.632. The van der Waals surface area contributed by atoms with Crippen LogP contribution in [0.1, 0.15) is 38.8 Å². The van der Waals surface area contributed by atoms with E-state index in [1.54, 1.807) is 0 Å². The summed E-state index contributed by atoms with van der Waals surface area (Å²) in [5, 5.41) is 13.1. The van der Waals surface area contributed by atoms with Crippen molar-refractivity contribution in [1.29, 1.82) is 0 Å².